The Morgan fingerprint density at radius 1 is 1.10 bits per heavy atom. The Bertz CT molecular complexity index is 569. The Morgan fingerprint density at radius 2 is 1.90 bits per heavy atom. The molecule has 0 saturated carbocycles. The van der Waals surface area contributed by atoms with E-state index in [-0.39, 0.29) is 5.82 Å². The first-order valence-corrected chi connectivity index (χ1v) is 6.76. The second-order valence-corrected chi connectivity index (χ2v) is 4.82. The maximum atomic E-state index is 13.3. The van der Waals surface area contributed by atoms with E-state index in [1.807, 2.05) is 31.2 Å². The van der Waals surface area contributed by atoms with E-state index >= 15 is 0 Å². The lowest BCUT2D eigenvalue weighted by atomic mass is 10.1. The van der Waals surface area contributed by atoms with E-state index < -0.39 is 0 Å². The number of methoxy groups -OCH3 is 1. The summed E-state index contributed by atoms with van der Waals surface area (Å²) >= 11 is 0. The van der Waals surface area contributed by atoms with E-state index in [1.54, 1.807) is 13.2 Å². The first-order chi connectivity index (χ1) is 9.70. The summed E-state index contributed by atoms with van der Waals surface area (Å²) in [6.07, 6.45) is 0.863. The molecule has 0 aliphatic rings. The van der Waals surface area contributed by atoms with Crippen molar-refractivity contribution in [2.24, 2.45) is 0 Å². The lowest BCUT2D eigenvalue weighted by Crippen LogP contribution is -2.05. The second kappa shape index (κ2) is 7.06. The van der Waals surface area contributed by atoms with E-state index in [0.29, 0.717) is 13.2 Å². The van der Waals surface area contributed by atoms with Crippen molar-refractivity contribution in [3.8, 4) is 0 Å². The van der Waals surface area contributed by atoms with Crippen LogP contribution in [-0.4, -0.2) is 13.7 Å². The molecule has 2 nitrogen and oxygen atoms in total. The lowest BCUT2D eigenvalue weighted by molar-refractivity contribution is 0.202. The molecule has 0 saturated heterocycles. The molecule has 0 fully saturated rings. The Balaban J connectivity index is 2.08. The highest BCUT2D eigenvalue weighted by atomic mass is 19.1. The zero-order valence-electron chi connectivity index (χ0n) is 11.9. The third-order valence-corrected chi connectivity index (χ3v) is 3.37. The summed E-state index contributed by atoms with van der Waals surface area (Å²) in [5.41, 5.74) is 4.36. The fourth-order valence-electron chi connectivity index (χ4n) is 2.14. The van der Waals surface area contributed by atoms with E-state index in [0.717, 1.165) is 23.2 Å². The van der Waals surface area contributed by atoms with Crippen molar-refractivity contribution >= 4 is 5.69 Å². The molecule has 0 unspecified atom stereocenters. The Labute approximate surface area is 119 Å². The summed E-state index contributed by atoms with van der Waals surface area (Å²) in [6, 6.07) is 13.0. The molecular formula is C17H20FNO. The number of para-hydroxylation sites is 1. The maximum Gasteiger partial charge on any atom is 0.123 e. The van der Waals surface area contributed by atoms with Gasteiger partial charge < -0.3 is 10.1 Å². The van der Waals surface area contributed by atoms with Crippen molar-refractivity contribution in [2.45, 2.75) is 19.9 Å². The Hall–Kier alpha value is -1.87. The van der Waals surface area contributed by atoms with Crippen LogP contribution < -0.4 is 5.32 Å². The number of ether oxygens (including phenoxy) is 1. The molecule has 0 bridgehead atoms. The number of rotatable bonds is 6. The minimum atomic E-state index is -0.194. The molecule has 0 aliphatic carbocycles. The van der Waals surface area contributed by atoms with Gasteiger partial charge in [0.2, 0.25) is 0 Å². The fourth-order valence-corrected chi connectivity index (χ4v) is 2.14. The van der Waals surface area contributed by atoms with Crippen molar-refractivity contribution in [3.05, 3.63) is 65.0 Å². The van der Waals surface area contributed by atoms with Gasteiger partial charge in [0.05, 0.1) is 6.61 Å². The van der Waals surface area contributed by atoms with Crippen LogP contribution in [0, 0.1) is 12.7 Å². The van der Waals surface area contributed by atoms with Crippen LogP contribution in [0.5, 0.6) is 0 Å². The summed E-state index contributed by atoms with van der Waals surface area (Å²) in [5, 5.41) is 3.38. The van der Waals surface area contributed by atoms with Crippen LogP contribution in [0.3, 0.4) is 0 Å². The minimum absolute atomic E-state index is 0.194. The van der Waals surface area contributed by atoms with Gasteiger partial charge in [0.25, 0.3) is 0 Å². The molecule has 0 atom stereocenters. The van der Waals surface area contributed by atoms with Crippen molar-refractivity contribution in [2.75, 3.05) is 19.0 Å². The molecule has 0 amide bonds. The molecule has 2 aromatic carbocycles. The highest BCUT2D eigenvalue weighted by Gasteiger charge is 2.04. The van der Waals surface area contributed by atoms with Gasteiger partial charge in [0.15, 0.2) is 0 Å². The molecular weight excluding hydrogens is 253 g/mol. The van der Waals surface area contributed by atoms with Gasteiger partial charge in [-0.2, -0.15) is 0 Å². The number of halogens is 1. The van der Waals surface area contributed by atoms with Crippen LogP contribution in [0.25, 0.3) is 0 Å². The number of nitrogens with one attached hydrogen (secondary N) is 1. The lowest BCUT2D eigenvalue weighted by Gasteiger charge is -2.13. The van der Waals surface area contributed by atoms with Gasteiger partial charge in [-0.05, 0) is 48.2 Å². The van der Waals surface area contributed by atoms with Crippen molar-refractivity contribution in [1.29, 1.82) is 0 Å². The van der Waals surface area contributed by atoms with E-state index in [4.69, 9.17) is 4.74 Å². The highest BCUT2D eigenvalue weighted by Crippen LogP contribution is 2.18. The molecule has 3 heteroatoms. The SMILES string of the molecule is COCCc1ccccc1NCc1cc(F)ccc1C. The molecule has 1 N–H and O–H groups in total. The largest absolute Gasteiger partial charge is 0.384 e. The van der Waals surface area contributed by atoms with Crippen molar-refractivity contribution in [3.63, 3.8) is 0 Å². The van der Waals surface area contributed by atoms with Crippen molar-refractivity contribution < 1.29 is 9.13 Å². The number of aryl methyl sites for hydroxylation is 1. The predicted octanol–water partition coefficient (Wildman–Crippen LogP) is 3.94. The van der Waals surface area contributed by atoms with Gasteiger partial charge in [-0.25, -0.2) is 4.39 Å². The first kappa shape index (κ1) is 14.5. The van der Waals surface area contributed by atoms with Gasteiger partial charge in [0.1, 0.15) is 5.82 Å². The van der Waals surface area contributed by atoms with Crippen LogP contribution in [0.4, 0.5) is 10.1 Å². The fraction of sp³-hybridized carbons (Fsp3) is 0.294. The normalized spacial score (nSPS) is 10.6. The van der Waals surface area contributed by atoms with Crippen LogP contribution in [0.1, 0.15) is 16.7 Å². The molecule has 0 aromatic heterocycles. The molecule has 2 aromatic rings. The third kappa shape index (κ3) is 3.81. The summed E-state index contributed by atoms with van der Waals surface area (Å²) in [6.45, 7) is 3.30. The standard InChI is InChI=1S/C17H20FNO/c1-13-7-8-16(18)11-15(13)12-19-17-6-4-3-5-14(17)9-10-20-2/h3-8,11,19H,9-10,12H2,1-2H3. The molecule has 0 aliphatic heterocycles. The number of benzene rings is 2. The van der Waals surface area contributed by atoms with Crippen LogP contribution in [0.2, 0.25) is 0 Å². The zero-order chi connectivity index (χ0) is 14.4. The average Bonchev–Trinajstić information content (AvgIpc) is 2.47. The summed E-state index contributed by atoms with van der Waals surface area (Å²) in [5.74, 6) is -0.194. The monoisotopic (exact) mass is 273 g/mol. The van der Waals surface area contributed by atoms with E-state index in [9.17, 15) is 4.39 Å². The third-order valence-electron chi connectivity index (χ3n) is 3.37. The van der Waals surface area contributed by atoms with Gasteiger partial charge in [0, 0.05) is 19.3 Å². The van der Waals surface area contributed by atoms with Gasteiger partial charge in [-0.3, -0.25) is 0 Å². The summed E-state index contributed by atoms with van der Waals surface area (Å²) in [7, 11) is 1.70. The number of hydrogen-bond acceptors (Lipinski definition) is 2. The number of anilines is 1. The first-order valence-electron chi connectivity index (χ1n) is 6.76. The van der Waals surface area contributed by atoms with Crippen LogP contribution >= 0.6 is 0 Å². The average molecular weight is 273 g/mol. The molecule has 20 heavy (non-hydrogen) atoms. The van der Waals surface area contributed by atoms with Gasteiger partial charge in [-0.1, -0.05) is 24.3 Å². The van der Waals surface area contributed by atoms with Crippen molar-refractivity contribution in [1.82, 2.24) is 0 Å². The second-order valence-electron chi connectivity index (χ2n) is 4.82. The number of hydrogen-bond donors (Lipinski definition) is 1. The topological polar surface area (TPSA) is 21.3 Å². The van der Waals surface area contributed by atoms with Crippen LogP contribution in [-0.2, 0) is 17.7 Å². The quantitative estimate of drug-likeness (QED) is 0.861. The molecule has 0 heterocycles. The smallest absolute Gasteiger partial charge is 0.123 e. The highest BCUT2D eigenvalue weighted by molar-refractivity contribution is 5.51. The van der Waals surface area contributed by atoms with Gasteiger partial charge in [-0.15, -0.1) is 0 Å². The Morgan fingerprint density at radius 3 is 2.70 bits per heavy atom. The maximum absolute atomic E-state index is 13.3. The summed E-state index contributed by atoms with van der Waals surface area (Å²) in [4.78, 5) is 0. The molecule has 0 radical (unpaired) electrons. The molecule has 2 rings (SSSR count). The van der Waals surface area contributed by atoms with Crippen LogP contribution in [0.15, 0.2) is 42.5 Å². The predicted molar refractivity (Wildman–Crippen MR) is 80.5 cm³/mol. The molecule has 0 spiro atoms. The van der Waals surface area contributed by atoms with E-state index in [2.05, 4.69) is 11.4 Å². The van der Waals surface area contributed by atoms with Gasteiger partial charge >= 0.3 is 0 Å². The van der Waals surface area contributed by atoms with E-state index in [1.165, 1.54) is 11.6 Å². The Kier molecular flexibility index (Phi) is 5.13. The summed E-state index contributed by atoms with van der Waals surface area (Å²) < 4.78 is 18.4. The zero-order valence-corrected chi connectivity index (χ0v) is 11.9. The molecule has 106 valence electrons. The minimum Gasteiger partial charge on any atom is -0.384 e.